The molecule has 0 saturated carbocycles. The zero-order valence-electron chi connectivity index (χ0n) is 11.5. The van der Waals surface area contributed by atoms with Gasteiger partial charge in [-0.15, -0.1) is 11.8 Å². The van der Waals surface area contributed by atoms with E-state index in [0.29, 0.717) is 11.6 Å². The first-order chi connectivity index (χ1) is 9.74. The van der Waals surface area contributed by atoms with Crippen LogP contribution in [-0.4, -0.2) is 19.1 Å². The molecular weight excluding hydrogens is 290 g/mol. The van der Waals surface area contributed by atoms with Crippen LogP contribution in [0.4, 0.5) is 5.69 Å². The molecule has 2 rings (SSSR count). The maximum atomic E-state index is 6.04. The van der Waals surface area contributed by atoms with Crippen LogP contribution in [-0.2, 0) is 0 Å². The van der Waals surface area contributed by atoms with Crippen molar-refractivity contribution in [2.24, 2.45) is 4.99 Å². The molecule has 0 aliphatic heterocycles. The maximum Gasteiger partial charge on any atom is 0.128 e. The van der Waals surface area contributed by atoms with Gasteiger partial charge in [0.05, 0.1) is 12.3 Å². The van der Waals surface area contributed by atoms with Crippen LogP contribution in [0.15, 0.2) is 52.4 Å². The summed E-state index contributed by atoms with van der Waals surface area (Å²) in [6.07, 6.45) is 3.84. The Morgan fingerprint density at radius 2 is 2.05 bits per heavy atom. The second kappa shape index (κ2) is 7.36. The molecule has 0 bridgehead atoms. The Hall–Kier alpha value is -1.45. The van der Waals surface area contributed by atoms with Crippen molar-refractivity contribution in [2.75, 3.05) is 12.9 Å². The zero-order valence-corrected chi connectivity index (χ0v) is 13.0. The number of nitrogens with zero attached hydrogens (tertiary/aromatic N) is 1. The minimum absolute atomic E-state index is 0.615. The van der Waals surface area contributed by atoms with E-state index >= 15 is 0 Å². The number of halogens is 1. The third kappa shape index (κ3) is 3.78. The number of ether oxygens (including phenoxy) is 1. The second-order valence-electron chi connectivity index (χ2n) is 4.05. The van der Waals surface area contributed by atoms with Crippen molar-refractivity contribution in [2.45, 2.75) is 11.8 Å². The van der Waals surface area contributed by atoms with Crippen molar-refractivity contribution in [3.8, 4) is 5.75 Å². The minimum atomic E-state index is 0.615. The summed E-state index contributed by atoms with van der Waals surface area (Å²) in [6.45, 7) is 2.57. The quantitative estimate of drug-likeness (QED) is 0.558. The molecular formula is C16H16ClNOS. The van der Waals surface area contributed by atoms with Gasteiger partial charge in [0.2, 0.25) is 0 Å². The summed E-state index contributed by atoms with van der Waals surface area (Å²) in [6, 6.07) is 13.6. The number of rotatable bonds is 5. The van der Waals surface area contributed by atoms with Crippen molar-refractivity contribution in [3.63, 3.8) is 0 Å². The molecule has 0 aliphatic rings. The summed E-state index contributed by atoms with van der Waals surface area (Å²) in [7, 11) is 0. The molecule has 104 valence electrons. The van der Waals surface area contributed by atoms with Gasteiger partial charge in [0.1, 0.15) is 5.75 Å². The van der Waals surface area contributed by atoms with Crippen molar-refractivity contribution < 1.29 is 4.74 Å². The van der Waals surface area contributed by atoms with E-state index in [1.54, 1.807) is 18.0 Å². The topological polar surface area (TPSA) is 21.6 Å². The summed E-state index contributed by atoms with van der Waals surface area (Å²) in [5.74, 6) is 0.794. The largest absolute Gasteiger partial charge is 0.493 e. The van der Waals surface area contributed by atoms with E-state index in [4.69, 9.17) is 16.3 Å². The Bertz CT molecular complexity index is 613. The van der Waals surface area contributed by atoms with Crippen LogP contribution in [0.2, 0.25) is 5.02 Å². The third-order valence-corrected chi connectivity index (χ3v) is 3.72. The lowest BCUT2D eigenvalue weighted by Crippen LogP contribution is -1.95. The lowest BCUT2D eigenvalue weighted by Gasteiger charge is -2.07. The molecule has 2 aromatic carbocycles. The number of hydrogen-bond acceptors (Lipinski definition) is 3. The van der Waals surface area contributed by atoms with Gasteiger partial charge in [-0.25, -0.2) is 0 Å². The van der Waals surface area contributed by atoms with E-state index in [0.717, 1.165) is 21.9 Å². The Kier molecular flexibility index (Phi) is 5.50. The SMILES string of the molecule is CCOc1ccc(Cl)cc1C=Nc1ccccc1SC. The van der Waals surface area contributed by atoms with Crippen molar-refractivity contribution in [3.05, 3.63) is 53.1 Å². The number of para-hydroxylation sites is 1. The normalized spacial score (nSPS) is 10.9. The van der Waals surface area contributed by atoms with E-state index in [-0.39, 0.29) is 0 Å². The predicted octanol–water partition coefficient (Wildman–Crippen LogP) is 5.21. The molecule has 2 nitrogen and oxygen atoms in total. The zero-order chi connectivity index (χ0) is 14.4. The first-order valence-electron chi connectivity index (χ1n) is 6.34. The van der Waals surface area contributed by atoms with Crippen LogP contribution in [0, 0.1) is 0 Å². The lowest BCUT2D eigenvalue weighted by molar-refractivity contribution is 0.340. The highest BCUT2D eigenvalue weighted by atomic mass is 35.5. The lowest BCUT2D eigenvalue weighted by atomic mass is 10.2. The monoisotopic (exact) mass is 305 g/mol. The fraction of sp³-hybridized carbons (Fsp3) is 0.188. The molecule has 2 aromatic rings. The Balaban J connectivity index is 2.33. The highest BCUT2D eigenvalue weighted by molar-refractivity contribution is 7.98. The molecule has 0 aliphatic carbocycles. The number of thioether (sulfide) groups is 1. The average Bonchev–Trinajstić information content (AvgIpc) is 2.48. The van der Waals surface area contributed by atoms with Gasteiger partial charge >= 0.3 is 0 Å². The minimum Gasteiger partial charge on any atom is -0.493 e. The summed E-state index contributed by atoms with van der Waals surface area (Å²) in [5.41, 5.74) is 1.83. The molecule has 0 aromatic heterocycles. The van der Waals surface area contributed by atoms with Crippen LogP contribution in [0.5, 0.6) is 5.75 Å². The molecule has 0 N–H and O–H groups in total. The van der Waals surface area contributed by atoms with Crippen molar-refractivity contribution >= 4 is 35.3 Å². The summed E-state index contributed by atoms with van der Waals surface area (Å²) < 4.78 is 5.58. The number of benzene rings is 2. The Labute approximate surface area is 128 Å². The fourth-order valence-corrected chi connectivity index (χ4v) is 2.51. The van der Waals surface area contributed by atoms with E-state index in [9.17, 15) is 0 Å². The molecule has 20 heavy (non-hydrogen) atoms. The standard InChI is InChI=1S/C16H16ClNOS/c1-3-19-15-9-8-13(17)10-12(15)11-18-14-6-4-5-7-16(14)20-2/h4-11H,3H2,1-2H3. The summed E-state index contributed by atoms with van der Waals surface area (Å²) in [5, 5.41) is 0.674. The molecule has 0 heterocycles. The van der Waals surface area contributed by atoms with Crippen molar-refractivity contribution in [1.82, 2.24) is 0 Å². The first-order valence-corrected chi connectivity index (χ1v) is 7.94. The molecule has 0 unspecified atom stereocenters. The van der Waals surface area contributed by atoms with Crippen molar-refractivity contribution in [1.29, 1.82) is 0 Å². The second-order valence-corrected chi connectivity index (χ2v) is 5.33. The Morgan fingerprint density at radius 3 is 2.80 bits per heavy atom. The predicted molar refractivity (Wildman–Crippen MR) is 88.1 cm³/mol. The van der Waals surface area contributed by atoms with Gasteiger partial charge in [-0.1, -0.05) is 23.7 Å². The highest BCUT2D eigenvalue weighted by Gasteiger charge is 2.03. The first kappa shape index (κ1) is 14.9. The van der Waals surface area contributed by atoms with Gasteiger partial charge in [0.15, 0.2) is 0 Å². The van der Waals surface area contributed by atoms with Gasteiger partial charge in [-0.3, -0.25) is 4.99 Å². The smallest absolute Gasteiger partial charge is 0.128 e. The van der Waals surface area contributed by atoms with Gasteiger partial charge in [-0.2, -0.15) is 0 Å². The third-order valence-electron chi connectivity index (χ3n) is 2.70. The maximum absolute atomic E-state index is 6.04. The number of aliphatic imine (C=N–C) groups is 1. The van der Waals surface area contributed by atoms with Crippen LogP contribution < -0.4 is 4.74 Å². The van der Waals surface area contributed by atoms with Gasteiger partial charge in [0.25, 0.3) is 0 Å². The van der Waals surface area contributed by atoms with Crippen LogP contribution >= 0.6 is 23.4 Å². The number of hydrogen-bond donors (Lipinski definition) is 0. The fourth-order valence-electron chi connectivity index (χ4n) is 1.78. The highest BCUT2D eigenvalue weighted by Crippen LogP contribution is 2.28. The van der Waals surface area contributed by atoms with E-state index < -0.39 is 0 Å². The molecule has 4 heteroatoms. The van der Waals surface area contributed by atoms with E-state index in [2.05, 4.69) is 11.1 Å². The van der Waals surface area contributed by atoms with Crippen LogP contribution in [0.25, 0.3) is 0 Å². The Morgan fingerprint density at radius 1 is 1.25 bits per heavy atom. The molecule has 0 fully saturated rings. The van der Waals surface area contributed by atoms with Crippen LogP contribution in [0.3, 0.4) is 0 Å². The average molecular weight is 306 g/mol. The van der Waals surface area contributed by atoms with E-state index in [1.165, 1.54) is 0 Å². The van der Waals surface area contributed by atoms with Gasteiger partial charge in [0, 0.05) is 21.7 Å². The summed E-state index contributed by atoms with van der Waals surface area (Å²) >= 11 is 7.71. The van der Waals surface area contributed by atoms with E-state index in [1.807, 2.05) is 49.6 Å². The molecule has 0 spiro atoms. The molecule has 0 amide bonds. The summed E-state index contributed by atoms with van der Waals surface area (Å²) in [4.78, 5) is 5.69. The van der Waals surface area contributed by atoms with Gasteiger partial charge < -0.3 is 4.74 Å². The molecule has 0 radical (unpaired) electrons. The van der Waals surface area contributed by atoms with Crippen LogP contribution in [0.1, 0.15) is 12.5 Å². The molecule has 0 atom stereocenters. The van der Waals surface area contributed by atoms with Gasteiger partial charge in [-0.05, 0) is 43.5 Å². The molecule has 0 saturated heterocycles.